The van der Waals surface area contributed by atoms with Crippen LogP contribution in [-0.4, -0.2) is 71.0 Å². The number of amides is 1. The molecule has 0 bridgehead atoms. The molecule has 26 heavy (non-hydrogen) atoms. The number of benzene rings is 1. The van der Waals surface area contributed by atoms with Gasteiger partial charge >= 0.3 is 0 Å². The van der Waals surface area contributed by atoms with Crippen molar-refractivity contribution < 1.29 is 19.0 Å². The average molecular weight is 410 g/mol. The second-order valence-electron chi connectivity index (χ2n) is 5.80. The van der Waals surface area contributed by atoms with Gasteiger partial charge < -0.3 is 29.7 Å². The zero-order valence-corrected chi connectivity index (χ0v) is 17.1. The summed E-state index contributed by atoms with van der Waals surface area (Å²) in [4.78, 5) is 16.4. The molecular formula is C17H29Cl2N3O4. The molecule has 1 aromatic carbocycles. The first-order valence-electron chi connectivity index (χ1n) is 8.10. The lowest BCUT2D eigenvalue weighted by Gasteiger charge is -2.25. The highest BCUT2D eigenvalue weighted by atomic mass is 35.5. The average Bonchev–Trinajstić information content (AvgIpc) is 2.86. The van der Waals surface area contributed by atoms with E-state index in [1.165, 1.54) is 0 Å². The molecule has 1 amide bonds. The predicted octanol–water partition coefficient (Wildman–Crippen LogP) is 1.56. The Morgan fingerprint density at radius 2 is 1.65 bits per heavy atom. The van der Waals surface area contributed by atoms with Crippen molar-refractivity contribution in [1.29, 1.82) is 0 Å². The Morgan fingerprint density at radius 1 is 1.04 bits per heavy atom. The highest BCUT2D eigenvalue weighted by Gasteiger charge is 2.24. The number of methoxy groups -OCH3 is 3. The normalized spacial score (nSPS) is 15.2. The van der Waals surface area contributed by atoms with E-state index in [9.17, 15) is 4.79 Å². The maximum atomic E-state index is 12.3. The van der Waals surface area contributed by atoms with Crippen LogP contribution in [-0.2, 0) is 9.53 Å². The summed E-state index contributed by atoms with van der Waals surface area (Å²) in [6, 6.07) is 5.22. The van der Waals surface area contributed by atoms with Gasteiger partial charge in [-0.3, -0.25) is 4.79 Å². The number of halogens is 2. The minimum atomic E-state index is -0.599. The van der Waals surface area contributed by atoms with Gasteiger partial charge in [-0.1, -0.05) is 0 Å². The van der Waals surface area contributed by atoms with Crippen LogP contribution in [0.15, 0.2) is 18.2 Å². The topological polar surface area (TPSA) is 77.3 Å². The number of carbonyl (C=O) groups is 1. The van der Waals surface area contributed by atoms with Crippen molar-refractivity contribution in [2.75, 3.05) is 59.0 Å². The molecule has 0 aliphatic carbocycles. The molecule has 1 fully saturated rings. The lowest BCUT2D eigenvalue weighted by atomic mass is 10.2. The van der Waals surface area contributed by atoms with Crippen molar-refractivity contribution >= 4 is 36.4 Å². The number of hydrogen-bond donors (Lipinski definition) is 1. The predicted molar refractivity (Wildman–Crippen MR) is 107 cm³/mol. The van der Waals surface area contributed by atoms with Crippen LogP contribution < -0.4 is 20.1 Å². The van der Waals surface area contributed by atoms with Gasteiger partial charge in [-0.2, -0.15) is 0 Å². The molecule has 7 nitrogen and oxygen atoms in total. The van der Waals surface area contributed by atoms with Crippen molar-refractivity contribution in [3.8, 4) is 11.5 Å². The summed E-state index contributed by atoms with van der Waals surface area (Å²) in [5.74, 6) is 1.45. The van der Waals surface area contributed by atoms with Gasteiger partial charge in [-0.05, 0) is 6.42 Å². The summed E-state index contributed by atoms with van der Waals surface area (Å²) >= 11 is 0. The molecule has 0 saturated carbocycles. The van der Waals surface area contributed by atoms with Crippen LogP contribution in [0.25, 0.3) is 0 Å². The fraction of sp³-hybridized carbons (Fsp3) is 0.588. The van der Waals surface area contributed by atoms with Crippen LogP contribution in [0.1, 0.15) is 6.42 Å². The van der Waals surface area contributed by atoms with Gasteiger partial charge in [-0.25, -0.2) is 0 Å². The molecular weight excluding hydrogens is 381 g/mol. The van der Waals surface area contributed by atoms with Crippen molar-refractivity contribution in [2.24, 2.45) is 5.73 Å². The molecule has 2 rings (SSSR count). The fourth-order valence-corrected chi connectivity index (χ4v) is 2.86. The summed E-state index contributed by atoms with van der Waals surface area (Å²) in [5, 5.41) is 0. The van der Waals surface area contributed by atoms with Crippen molar-refractivity contribution in [3.63, 3.8) is 0 Å². The molecule has 0 radical (unpaired) electrons. The minimum Gasteiger partial charge on any atom is -0.497 e. The third-order valence-corrected chi connectivity index (χ3v) is 4.17. The lowest BCUT2D eigenvalue weighted by Crippen LogP contribution is -2.47. The van der Waals surface area contributed by atoms with E-state index in [4.69, 9.17) is 19.9 Å². The summed E-state index contributed by atoms with van der Waals surface area (Å²) in [7, 11) is 4.82. The van der Waals surface area contributed by atoms with Crippen molar-refractivity contribution in [2.45, 2.75) is 12.5 Å². The standard InChI is InChI=1S/C17H27N3O4.2ClH/c1-22-12-16(18)17(21)20-6-4-5-19(7-8-20)13-9-14(23-2)11-15(10-13)24-3;;/h9-11,16H,4-8,12,18H2,1-3H3;2*1H. The Labute approximate surface area is 167 Å². The first-order valence-corrected chi connectivity index (χ1v) is 8.10. The highest BCUT2D eigenvalue weighted by molar-refractivity contribution is 5.85. The van der Waals surface area contributed by atoms with E-state index in [1.807, 2.05) is 23.1 Å². The summed E-state index contributed by atoms with van der Waals surface area (Å²) in [5.41, 5.74) is 6.90. The maximum Gasteiger partial charge on any atom is 0.241 e. The lowest BCUT2D eigenvalue weighted by molar-refractivity contribution is -0.133. The van der Waals surface area contributed by atoms with Gasteiger partial charge in [0, 0.05) is 57.2 Å². The molecule has 2 N–H and O–H groups in total. The number of ether oxygens (including phenoxy) is 3. The zero-order chi connectivity index (χ0) is 17.5. The fourth-order valence-electron chi connectivity index (χ4n) is 2.86. The van der Waals surface area contributed by atoms with E-state index < -0.39 is 6.04 Å². The minimum absolute atomic E-state index is 0. The van der Waals surface area contributed by atoms with Crippen LogP contribution in [0.4, 0.5) is 5.69 Å². The largest absolute Gasteiger partial charge is 0.497 e. The molecule has 1 unspecified atom stereocenters. The van der Waals surface area contributed by atoms with Gasteiger partial charge in [-0.15, -0.1) is 24.8 Å². The third-order valence-electron chi connectivity index (χ3n) is 4.17. The van der Waals surface area contributed by atoms with Crippen LogP contribution in [0.3, 0.4) is 0 Å². The molecule has 1 atom stereocenters. The Kier molecular flexibility index (Phi) is 11.4. The summed E-state index contributed by atoms with van der Waals surface area (Å²) in [6.07, 6.45) is 0.880. The Morgan fingerprint density at radius 3 is 2.19 bits per heavy atom. The smallest absolute Gasteiger partial charge is 0.241 e. The summed E-state index contributed by atoms with van der Waals surface area (Å²) in [6.45, 7) is 3.18. The van der Waals surface area contributed by atoms with Crippen LogP contribution in [0.2, 0.25) is 0 Å². The molecule has 1 heterocycles. The van der Waals surface area contributed by atoms with E-state index in [0.717, 1.165) is 36.7 Å². The molecule has 150 valence electrons. The van der Waals surface area contributed by atoms with Crippen LogP contribution in [0, 0.1) is 0 Å². The Bertz CT molecular complexity index is 541. The highest BCUT2D eigenvalue weighted by Crippen LogP contribution is 2.29. The maximum absolute atomic E-state index is 12.3. The van der Waals surface area contributed by atoms with Crippen LogP contribution in [0.5, 0.6) is 11.5 Å². The second-order valence-corrected chi connectivity index (χ2v) is 5.80. The first-order chi connectivity index (χ1) is 11.6. The first kappa shape index (κ1) is 24.6. The quantitative estimate of drug-likeness (QED) is 0.767. The van der Waals surface area contributed by atoms with Crippen molar-refractivity contribution in [3.05, 3.63) is 18.2 Å². The van der Waals surface area contributed by atoms with E-state index in [-0.39, 0.29) is 37.3 Å². The molecule has 1 aliphatic heterocycles. The molecule has 1 aromatic rings. The van der Waals surface area contributed by atoms with E-state index in [1.54, 1.807) is 21.3 Å². The number of nitrogens with two attached hydrogens (primary N) is 1. The van der Waals surface area contributed by atoms with E-state index >= 15 is 0 Å². The molecule has 0 aromatic heterocycles. The number of carbonyl (C=O) groups excluding carboxylic acids is 1. The summed E-state index contributed by atoms with van der Waals surface area (Å²) < 4.78 is 15.6. The third kappa shape index (κ3) is 6.39. The number of anilines is 1. The van der Waals surface area contributed by atoms with E-state index in [2.05, 4.69) is 4.90 Å². The molecule has 1 aliphatic rings. The van der Waals surface area contributed by atoms with Gasteiger partial charge in [0.1, 0.15) is 17.5 Å². The zero-order valence-electron chi connectivity index (χ0n) is 15.5. The van der Waals surface area contributed by atoms with Gasteiger partial charge in [0.25, 0.3) is 0 Å². The Hall–Kier alpha value is -1.41. The SMILES string of the molecule is COCC(N)C(=O)N1CCCN(c2cc(OC)cc(OC)c2)CC1.Cl.Cl. The van der Waals surface area contributed by atoms with E-state index in [0.29, 0.717) is 13.1 Å². The molecule has 9 heteroatoms. The van der Waals surface area contributed by atoms with Crippen molar-refractivity contribution in [1.82, 2.24) is 4.90 Å². The number of hydrogen-bond acceptors (Lipinski definition) is 6. The second kappa shape index (κ2) is 12.1. The number of rotatable bonds is 6. The monoisotopic (exact) mass is 409 g/mol. The number of nitrogens with zero attached hydrogens (tertiary/aromatic N) is 2. The molecule has 1 saturated heterocycles. The Balaban J connectivity index is 0.00000312. The van der Waals surface area contributed by atoms with Gasteiger partial charge in [0.15, 0.2) is 0 Å². The molecule has 0 spiro atoms. The van der Waals surface area contributed by atoms with Crippen LogP contribution >= 0.6 is 24.8 Å². The van der Waals surface area contributed by atoms with Gasteiger partial charge in [0.2, 0.25) is 5.91 Å². The van der Waals surface area contributed by atoms with Gasteiger partial charge in [0.05, 0.1) is 20.8 Å².